The number of hydrogen-bond acceptors (Lipinski definition) is 0. The minimum Gasteiger partial charge on any atom is -0.0882 e. The van der Waals surface area contributed by atoms with Gasteiger partial charge < -0.3 is 0 Å². The molecule has 0 aromatic heterocycles. The van der Waals surface area contributed by atoms with Gasteiger partial charge in [-0.3, -0.25) is 0 Å². The lowest BCUT2D eigenvalue weighted by molar-refractivity contribution is 0.381. The molecule has 0 heteroatoms. The summed E-state index contributed by atoms with van der Waals surface area (Å²) in [5.74, 6) is 0. The van der Waals surface area contributed by atoms with E-state index in [-0.39, 0.29) is 0 Å². The molecule has 0 unspecified atom stereocenters. The van der Waals surface area contributed by atoms with E-state index >= 15 is 0 Å². The maximum atomic E-state index is 2.31. The zero-order chi connectivity index (χ0) is 10.9. The van der Waals surface area contributed by atoms with Crippen molar-refractivity contribution in [2.45, 2.75) is 59.8 Å². The molecule has 0 aromatic carbocycles. The molecule has 0 aliphatic rings. The van der Waals surface area contributed by atoms with Gasteiger partial charge in [0.2, 0.25) is 0 Å². The SMILES string of the molecule is CCC/C=C\C/C=C\CCC(C)(C)C. The van der Waals surface area contributed by atoms with Crippen LogP contribution in [0.5, 0.6) is 0 Å². The fourth-order valence-corrected chi connectivity index (χ4v) is 1.19. The standard InChI is InChI=1S/C14H26/c1-5-6-7-8-9-10-11-12-13-14(2,3)4/h7-8,10-11H,5-6,9,12-13H2,1-4H3/b8-7-,11-10-. The van der Waals surface area contributed by atoms with E-state index in [0.717, 1.165) is 6.42 Å². The van der Waals surface area contributed by atoms with Crippen molar-refractivity contribution >= 4 is 0 Å². The molecule has 0 amide bonds. The van der Waals surface area contributed by atoms with Crippen LogP contribution in [0.3, 0.4) is 0 Å². The van der Waals surface area contributed by atoms with Crippen LogP contribution in [0.2, 0.25) is 0 Å². The van der Waals surface area contributed by atoms with E-state index in [4.69, 9.17) is 0 Å². The smallest absolute Gasteiger partial charge is 0.0169 e. The Kier molecular flexibility index (Phi) is 7.55. The van der Waals surface area contributed by atoms with Gasteiger partial charge in [0.15, 0.2) is 0 Å². The van der Waals surface area contributed by atoms with E-state index in [1.54, 1.807) is 0 Å². The first-order valence-corrected chi connectivity index (χ1v) is 5.86. The normalized spacial score (nSPS) is 13.1. The highest BCUT2D eigenvalue weighted by atomic mass is 14.1. The molecule has 0 aromatic rings. The highest BCUT2D eigenvalue weighted by molar-refractivity contribution is 4.92. The van der Waals surface area contributed by atoms with Gasteiger partial charge in [-0.2, -0.15) is 0 Å². The van der Waals surface area contributed by atoms with E-state index < -0.39 is 0 Å². The van der Waals surface area contributed by atoms with Crippen LogP contribution < -0.4 is 0 Å². The monoisotopic (exact) mass is 194 g/mol. The molecule has 82 valence electrons. The van der Waals surface area contributed by atoms with Crippen molar-refractivity contribution in [3.8, 4) is 0 Å². The molecule has 0 bridgehead atoms. The number of hydrogen-bond donors (Lipinski definition) is 0. The molecule has 0 saturated carbocycles. The number of unbranched alkanes of at least 4 members (excludes halogenated alkanes) is 1. The second-order valence-corrected chi connectivity index (χ2v) is 5.07. The molecule has 0 spiro atoms. The summed E-state index contributed by atoms with van der Waals surface area (Å²) >= 11 is 0. The van der Waals surface area contributed by atoms with Gasteiger partial charge in [-0.05, 0) is 31.1 Å². The third-order valence-corrected chi connectivity index (χ3v) is 2.12. The lowest BCUT2D eigenvalue weighted by Gasteiger charge is -2.15. The largest absolute Gasteiger partial charge is 0.0882 e. The predicted molar refractivity (Wildman–Crippen MR) is 66.5 cm³/mol. The summed E-state index contributed by atoms with van der Waals surface area (Å²) in [6, 6.07) is 0. The van der Waals surface area contributed by atoms with Gasteiger partial charge in [-0.1, -0.05) is 58.4 Å². The van der Waals surface area contributed by atoms with Crippen LogP contribution in [0.4, 0.5) is 0 Å². The average molecular weight is 194 g/mol. The summed E-state index contributed by atoms with van der Waals surface area (Å²) in [5, 5.41) is 0. The zero-order valence-electron chi connectivity index (χ0n) is 10.3. The Morgan fingerprint density at radius 3 is 1.93 bits per heavy atom. The van der Waals surface area contributed by atoms with Crippen LogP contribution in [0.1, 0.15) is 59.8 Å². The summed E-state index contributed by atoms with van der Waals surface area (Å²) in [6.07, 6.45) is 15.2. The van der Waals surface area contributed by atoms with Gasteiger partial charge in [-0.15, -0.1) is 0 Å². The van der Waals surface area contributed by atoms with E-state index in [1.165, 1.54) is 25.7 Å². The summed E-state index contributed by atoms with van der Waals surface area (Å²) in [7, 11) is 0. The molecule has 0 nitrogen and oxygen atoms in total. The maximum Gasteiger partial charge on any atom is -0.0169 e. The Balaban J connectivity index is 3.37. The first-order chi connectivity index (χ1) is 6.56. The highest BCUT2D eigenvalue weighted by Gasteiger charge is 2.07. The third kappa shape index (κ3) is 11.5. The molecular weight excluding hydrogens is 168 g/mol. The van der Waals surface area contributed by atoms with Crippen LogP contribution in [-0.2, 0) is 0 Å². The van der Waals surface area contributed by atoms with Crippen molar-refractivity contribution in [3.05, 3.63) is 24.3 Å². The van der Waals surface area contributed by atoms with Crippen molar-refractivity contribution in [2.24, 2.45) is 5.41 Å². The molecule has 14 heavy (non-hydrogen) atoms. The summed E-state index contributed by atoms with van der Waals surface area (Å²) in [5.41, 5.74) is 0.475. The molecule has 0 atom stereocenters. The molecule has 0 rings (SSSR count). The second kappa shape index (κ2) is 7.84. The molecule has 0 heterocycles. The topological polar surface area (TPSA) is 0 Å². The Morgan fingerprint density at radius 2 is 1.43 bits per heavy atom. The Bertz CT molecular complexity index is 167. The third-order valence-electron chi connectivity index (χ3n) is 2.12. The van der Waals surface area contributed by atoms with Crippen LogP contribution >= 0.6 is 0 Å². The van der Waals surface area contributed by atoms with Crippen molar-refractivity contribution in [2.75, 3.05) is 0 Å². The van der Waals surface area contributed by atoms with E-state index in [9.17, 15) is 0 Å². The highest BCUT2D eigenvalue weighted by Crippen LogP contribution is 2.20. The summed E-state index contributed by atoms with van der Waals surface area (Å²) < 4.78 is 0. The molecule has 0 aliphatic heterocycles. The van der Waals surface area contributed by atoms with Crippen molar-refractivity contribution in [1.82, 2.24) is 0 Å². The molecular formula is C14H26. The van der Waals surface area contributed by atoms with Crippen LogP contribution in [0.25, 0.3) is 0 Å². The summed E-state index contributed by atoms with van der Waals surface area (Å²) in [4.78, 5) is 0. The van der Waals surface area contributed by atoms with E-state index in [2.05, 4.69) is 52.0 Å². The molecule has 0 radical (unpaired) electrons. The molecule has 0 fully saturated rings. The lowest BCUT2D eigenvalue weighted by atomic mass is 9.90. The maximum absolute atomic E-state index is 2.31. The lowest BCUT2D eigenvalue weighted by Crippen LogP contribution is -2.02. The first-order valence-electron chi connectivity index (χ1n) is 5.86. The van der Waals surface area contributed by atoms with Crippen LogP contribution in [0.15, 0.2) is 24.3 Å². The quantitative estimate of drug-likeness (QED) is 0.515. The fraction of sp³-hybridized carbons (Fsp3) is 0.714. The van der Waals surface area contributed by atoms with Gasteiger partial charge in [0.25, 0.3) is 0 Å². The predicted octanol–water partition coefficient (Wildman–Crippen LogP) is 5.12. The van der Waals surface area contributed by atoms with Crippen molar-refractivity contribution < 1.29 is 0 Å². The van der Waals surface area contributed by atoms with Crippen molar-refractivity contribution in [1.29, 1.82) is 0 Å². The number of allylic oxidation sites excluding steroid dienone is 4. The minimum atomic E-state index is 0.475. The Morgan fingerprint density at radius 1 is 0.857 bits per heavy atom. The summed E-state index contributed by atoms with van der Waals surface area (Å²) in [6.45, 7) is 9.09. The zero-order valence-corrected chi connectivity index (χ0v) is 10.3. The average Bonchev–Trinajstić information content (AvgIpc) is 2.08. The molecule has 0 N–H and O–H groups in total. The van der Waals surface area contributed by atoms with Crippen LogP contribution in [-0.4, -0.2) is 0 Å². The van der Waals surface area contributed by atoms with Crippen molar-refractivity contribution in [3.63, 3.8) is 0 Å². The van der Waals surface area contributed by atoms with Gasteiger partial charge in [-0.25, -0.2) is 0 Å². The van der Waals surface area contributed by atoms with E-state index in [0.29, 0.717) is 5.41 Å². The fourth-order valence-electron chi connectivity index (χ4n) is 1.19. The number of rotatable bonds is 6. The van der Waals surface area contributed by atoms with Gasteiger partial charge in [0.1, 0.15) is 0 Å². The van der Waals surface area contributed by atoms with Crippen LogP contribution in [0, 0.1) is 5.41 Å². The van der Waals surface area contributed by atoms with E-state index in [1.807, 2.05) is 0 Å². The molecule has 0 saturated heterocycles. The van der Waals surface area contributed by atoms with Gasteiger partial charge >= 0.3 is 0 Å². The first kappa shape index (κ1) is 13.5. The second-order valence-electron chi connectivity index (χ2n) is 5.07. The molecule has 0 aliphatic carbocycles. The van der Waals surface area contributed by atoms with Gasteiger partial charge in [0, 0.05) is 0 Å². The van der Waals surface area contributed by atoms with Gasteiger partial charge in [0.05, 0.1) is 0 Å². The minimum absolute atomic E-state index is 0.475. The Labute approximate surface area is 90.1 Å². The Hall–Kier alpha value is -0.520.